The third kappa shape index (κ3) is 3.28. The maximum atomic E-state index is 11.8. The third-order valence-corrected chi connectivity index (χ3v) is 3.74. The molecule has 0 heterocycles. The Morgan fingerprint density at radius 1 is 1.35 bits per heavy atom. The number of sulfonamides is 1. The van der Waals surface area contributed by atoms with E-state index in [9.17, 15) is 13.2 Å². The van der Waals surface area contributed by atoms with Crippen molar-refractivity contribution in [2.45, 2.75) is 31.8 Å². The Hall–Kier alpha value is -1.40. The number of aliphatic hydroxyl groups is 1. The van der Waals surface area contributed by atoms with Crippen LogP contribution in [0.4, 0.5) is 0 Å². The number of amides is 1. The molecule has 0 saturated heterocycles. The number of hydrogen-bond acceptors (Lipinski definition) is 4. The van der Waals surface area contributed by atoms with Gasteiger partial charge in [0.1, 0.15) is 6.10 Å². The molecule has 5 nitrogen and oxygen atoms in total. The van der Waals surface area contributed by atoms with Gasteiger partial charge in [0.25, 0.3) is 15.9 Å². The van der Waals surface area contributed by atoms with E-state index in [2.05, 4.69) is 0 Å². The molecule has 0 saturated carbocycles. The summed E-state index contributed by atoms with van der Waals surface area (Å²) >= 11 is 0. The first-order valence-electron chi connectivity index (χ1n) is 5.06. The van der Waals surface area contributed by atoms with Gasteiger partial charge in [-0.15, -0.1) is 0 Å². The zero-order valence-electron chi connectivity index (χ0n) is 9.89. The number of aryl methyl sites for hydroxylation is 2. The second-order valence-corrected chi connectivity index (χ2v) is 5.57. The summed E-state index contributed by atoms with van der Waals surface area (Å²) < 4.78 is 25.5. The fraction of sp³-hybridized carbons (Fsp3) is 0.364. The van der Waals surface area contributed by atoms with Crippen molar-refractivity contribution in [1.82, 2.24) is 4.72 Å². The smallest absolute Gasteiger partial charge is 0.264 e. The van der Waals surface area contributed by atoms with Crippen LogP contribution in [0.1, 0.15) is 18.1 Å². The normalized spacial score (nSPS) is 13.2. The SMILES string of the molecule is Cc1ccc(S(=O)(=O)NC(=O)C(C)O)c(C)c1. The standard InChI is InChI=1S/C11H15NO4S/c1-7-4-5-10(8(2)6-7)17(15,16)12-11(14)9(3)13/h4-6,9,13H,1-3H3,(H,12,14). The van der Waals surface area contributed by atoms with Gasteiger partial charge in [-0.3, -0.25) is 4.79 Å². The summed E-state index contributed by atoms with van der Waals surface area (Å²) in [5.74, 6) is -0.940. The van der Waals surface area contributed by atoms with Gasteiger partial charge in [-0.1, -0.05) is 17.7 Å². The number of rotatable bonds is 3. The van der Waals surface area contributed by atoms with Gasteiger partial charge in [-0.25, -0.2) is 13.1 Å². The van der Waals surface area contributed by atoms with E-state index in [0.29, 0.717) is 5.56 Å². The first kappa shape index (κ1) is 13.7. The lowest BCUT2D eigenvalue weighted by atomic mass is 10.2. The molecule has 1 aromatic rings. The zero-order chi connectivity index (χ0) is 13.2. The molecule has 1 amide bonds. The van der Waals surface area contributed by atoms with Gasteiger partial charge in [0.2, 0.25) is 0 Å². The largest absolute Gasteiger partial charge is 0.384 e. The van der Waals surface area contributed by atoms with Crippen molar-refractivity contribution in [3.63, 3.8) is 0 Å². The molecule has 1 rings (SSSR count). The van der Waals surface area contributed by atoms with Crippen molar-refractivity contribution in [2.75, 3.05) is 0 Å². The average molecular weight is 257 g/mol. The van der Waals surface area contributed by atoms with Gasteiger partial charge in [-0.2, -0.15) is 0 Å². The van der Waals surface area contributed by atoms with E-state index < -0.39 is 22.0 Å². The highest BCUT2D eigenvalue weighted by molar-refractivity contribution is 7.90. The quantitative estimate of drug-likeness (QED) is 0.825. The number of nitrogens with one attached hydrogen (secondary N) is 1. The Labute approximate surface area is 101 Å². The minimum atomic E-state index is -3.91. The predicted octanol–water partition coefficient (Wildman–Crippen LogP) is 0.489. The Balaban J connectivity index is 3.10. The Kier molecular flexibility index (Phi) is 3.90. The van der Waals surface area contributed by atoms with E-state index in [1.165, 1.54) is 13.0 Å². The van der Waals surface area contributed by atoms with Crippen LogP contribution < -0.4 is 4.72 Å². The molecule has 1 aromatic carbocycles. The minimum absolute atomic E-state index is 0.0390. The summed E-state index contributed by atoms with van der Waals surface area (Å²) in [6.45, 7) is 4.69. The summed E-state index contributed by atoms with van der Waals surface area (Å²) in [4.78, 5) is 11.2. The van der Waals surface area contributed by atoms with Gasteiger partial charge in [0, 0.05) is 0 Å². The highest BCUT2D eigenvalue weighted by Gasteiger charge is 2.21. The summed E-state index contributed by atoms with van der Waals surface area (Å²) in [6, 6.07) is 4.79. The molecule has 0 aliphatic carbocycles. The highest BCUT2D eigenvalue weighted by Crippen LogP contribution is 2.16. The second kappa shape index (κ2) is 4.85. The van der Waals surface area contributed by atoms with Crippen LogP contribution in [-0.4, -0.2) is 25.5 Å². The van der Waals surface area contributed by atoms with Crippen molar-refractivity contribution in [2.24, 2.45) is 0 Å². The van der Waals surface area contributed by atoms with Crippen LogP contribution >= 0.6 is 0 Å². The van der Waals surface area contributed by atoms with Crippen molar-refractivity contribution in [1.29, 1.82) is 0 Å². The predicted molar refractivity (Wildman–Crippen MR) is 62.9 cm³/mol. The van der Waals surface area contributed by atoms with Crippen molar-refractivity contribution in [3.05, 3.63) is 29.3 Å². The number of carbonyl (C=O) groups is 1. The Morgan fingerprint density at radius 3 is 2.41 bits per heavy atom. The Morgan fingerprint density at radius 2 is 1.94 bits per heavy atom. The summed E-state index contributed by atoms with van der Waals surface area (Å²) in [5, 5.41) is 8.97. The monoisotopic (exact) mass is 257 g/mol. The molecular formula is C11H15NO4S. The molecule has 17 heavy (non-hydrogen) atoms. The minimum Gasteiger partial charge on any atom is -0.384 e. The van der Waals surface area contributed by atoms with Crippen molar-refractivity contribution >= 4 is 15.9 Å². The zero-order valence-corrected chi connectivity index (χ0v) is 10.7. The molecular weight excluding hydrogens is 242 g/mol. The van der Waals surface area contributed by atoms with E-state index in [1.807, 2.05) is 11.6 Å². The molecule has 2 N–H and O–H groups in total. The number of benzene rings is 1. The third-order valence-electron chi connectivity index (χ3n) is 2.23. The van der Waals surface area contributed by atoms with Crippen LogP contribution in [-0.2, 0) is 14.8 Å². The summed E-state index contributed by atoms with van der Waals surface area (Å²) in [7, 11) is -3.91. The number of carbonyl (C=O) groups excluding carboxylic acids is 1. The molecule has 6 heteroatoms. The summed E-state index contributed by atoms with van der Waals surface area (Å²) in [5.41, 5.74) is 1.49. The average Bonchev–Trinajstić information content (AvgIpc) is 2.15. The molecule has 0 aromatic heterocycles. The van der Waals surface area contributed by atoms with E-state index in [4.69, 9.17) is 5.11 Å². The molecule has 1 atom stereocenters. The van der Waals surface area contributed by atoms with E-state index in [1.54, 1.807) is 19.1 Å². The van der Waals surface area contributed by atoms with Crippen LogP contribution in [0.25, 0.3) is 0 Å². The highest BCUT2D eigenvalue weighted by atomic mass is 32.2. The van der Waals surface area contributed by atoms with E-state index in [-0.39, 0.29) is 4.90 Å². The lowest BCUT2D eigenvalue weighted by Crippen LogP contribution is -2.37. The van der Waals surface area contributed by atoms with Crippen LogP contribution in [0.2, 0.25) is 0 Å². The first-order valence-corrected chi connectivity index (χ1v) is 6.54. The molecule has 0 bridgehead atoms. The number of aliphatic hydroxyl groups excluding tert-OH is 1. The first-order chi connectivity index (χ1) is 7.74. The fourth-order valence-corrected chi connectivity index (χ4v) is 2.65. The van der Waals surface area contributed by atoms with Gasteiger partial charge in [0.15, 0.2) is 0 Å². The molecule has 0 aliphatic rings. The van der Waals surface area contributed by atoms with E-state index in [0.717, 1.165) is 5.56 Å². The number of hydrogen-bond donors (Lipinski definition) is 2. The van der Waals surface area contributed by atoms with E-state index >= 15 is 0 Å². The lowest BCUT2D eigenvalue weighted by Gasteiger charge is -2.10. The van der Waals surface area contributed by atoms with Crippen LogP contribution in [0.15, 0.2) is 23.1 Å². The maximum absolute atomic E-state index is 11.8. The maximum Gasteiger partial charge on any atom is 0.264 e. The summed E-state index contributed by atoms with van der Waals surface area (Å²) in [6.07, 6.45) is -1.37. The topological polar surface area (TPSA) is 83.5 Å². The van der Waals surface area contributed by atoms with Crippen molar-refractivity contribution < 1.29 is 18.3 Å². The van der Waals surface area contributed by atoms with Gasteiger partial charge >= 0.3 is 0 Å². The van der Waals surface area contributed by atoms with Gasteiger partial charge in [-0.05, 0) is 32.4 Å². The molecule has 0 spiro atoms. The van der Waals surface area contributed by atoms with Gasteiger partial charge in [0.05, 0.1) is 4.90 Å². The molecule has 94 valence electrons. The second-order valence-electron chi connectivity index (χ2n) is 3.91. The van der Waals surface area contributed by atoms with Gasteiger partial charge < -0.3 is 5.11 Å². The van der Waals surface area contributed by atoms with Crippen LogP contribution in [0.5, 0.6) is 0 Å². The van der Waals surface area contributed by atoms with Crippen LogP contribution in [0, 0.1) is 13.8 Å². The lowest BCUT2D eigenvalue weighted by molar-refractivity contribution is -0.126. The Bertz CT molecular complexity index is 534. The van der Waals surface area contributed by atoms with Crippen LogP contribution in [0.3, 0.4) is 0 Å². The molecule has 0 fully saturated rings. The molecule has 0 aliphatic heterocycles. The molecule has 0 radical (unpaired) electrons. The van der Waals surface area contributed by atoms with Crippen molar-refractivity contribution in [3.8, 4) is 0 Å². The fourth-order valence-electron chi connectivity index (χ4n) is 1.37. The molecule has 1 unspecified atom stereocenters.